The average molecular weight is 441 g/mol. The lowest BCUT2D eigenvalue weighted by molar-refractivity contribution is 0.0553. The van der Waals surface area contributed by atoms with Gasteiger partial charge in [-0.2, -0.15) is 4.98 Å². The first-order valence-electron chi connectivity index (χ1n) is 11.5. The zero-order valence-corrected chi connectivity index (χ0v) is 18.2. The van der Waals surface area contributed by atoms with Crippen molar-refractivity contribution in [2.75, 3.05) is 6.54 Å². The van der Waals surface area contributed by atoms with Gasteiger partial charge in [0.25, 0.3) is 5.91 Å². The number of carbonyl (C=O) groups excluding carboxylic acids is 1. The molecular formula is C26H24N4O3. The van der Waals surface area contributed by atoms with Crippen LogP contribution in [0.25, 0.3) is 22.8 Å². The van der Waals surface area contributed by atoms with E-state index >= 15 is 0 Å². The number of oxazole rings is 1. The summed E-state index contributed by atoms with van der Waals surface area (Å²) in [5.74, 6) is 2.37. The second kappa shape index (κ2) is 8.31. The number of carbonyl (C=O) groups is 1. The summed E-state index contributed by atoms with van der Waals surface area (Å²) < 4.78 is 11.8. The van der Waals surface area contributed by atoms with Gasteiger partial charge in [-0.05, 0) is 44.2 Å². The molecular weight excluding hydrogens is 416 g/mol. The minimum absolute atomic E-state index is 0.119. The molecule has 2 aromatic carbocycles. The molecule has 4 aromatic rings. The van der Waals surface area contributed by atoms with E-state index in [0.29, 0.717) is 35.6 Å². The van der Waals surface area contributed by atoms with Crippen molar-refractivity contribution in [2.24, 2.45) is 0 Å². The second-order valence-electron chi connectivity index (χ2n) is 8.70. The van der Waals surface area contributed by atoms with Crippen LogP contribution in [0.4, 0.5) is 0 Å². The van der Waals surface area contributed by atoms with E-state index in [1.54, 1.807) is 0 Å². The molecule has 2 aliphatic rings. The van der Waals surface area contributed by atoms with Gasteiger partial charge in [0.15, 0.2) is 5.69 Å². The van der Waals surface area contributed by atoms with Crippen LogP contribution in [0, 0.1) is 0 Å². The summed E-state index contributed by atoms with van der Waals surface area (Å²) in [6.07, 6.45) is 4.77. The number of amides is 1. The highest BCUT2D eigenvalue weighted by atomic mass is 16.5. The number of aromatic nitrogens is 3. The summed E-state index contributed by atoms with van der Waals surface area (Å²) in [4.78, 5) is 24.9. The van der Waals surface area contributed by atoms with Crippen LogP contribution in [0.15, 0.2) is 69.6 Å². The maximum atomic E-state index is 13.8. The lowest BCUT2D eigenvalue weighted by Gasteiger charge is -2.33. The van der Waals surface area contributed by atoms with Crippen LogP contribution in [-0.2, 0) is 0 Å². The van der Waals surface area contributed by atoms with Crippen molar-refractivity contribution in [3.63, 3.8) is 0 Å². The van der Waals surface area contributed by atoms with E-state index in [2.05, 4.69) is 15.1 Å². The van der Waals surface area contributed by atoms with Gasteiger partial charge >= 0.3 is 0 Å². The second-order valence-corrected chi connectivity index (χ2v) is 8.70. The Morgan fingerprint density at radius 1 is 0.879 bits per heavy atom. The third-order valence-electron chi connectivity index (χ3n) is 6.35. The van der Waals surface area contributed by atoms with Gasteiger partial charge < -0.3 is 13.8 Å². The number of likely N-dealkylation sites (tertiary alicyclic amines) is 1. The Hall–Kier alpha value is -3.74. The third-order valence-corrected chi connectivity index (χ3v) is 6.35. The van der Waals surface area contributed by atoms with Gasteiger partial charge in [0.2, 0.25) is 17.6 Å². The van der Waals surface area contributed by atoms with Crippen LogP contribution < -0.4 is 0 Å². The topological polar surface area (TPSA) is 85.3 Å². The van der Waals surface area contributed by atoms with Crippen molar-refractivity contribution < 1.29 is 13.7 Å². The molecule has 1 saturated heterocycles. The molecule has 1 aliphatic carbocycles. The van der Waals surface area contributed by atoms with E-state index in [1.165, 1.54) is 0 Å². The molecule has 1 amide bonds. The molecule has 1 saturated carbocycles. The van der Waals surface area contributed by atoms with Crippen LogP contribution in [0.1, 0.15) is 66.2 Å². The molecule has 0 radical (unpaired) electrons. The van der Waals surface area contributed by atoms with Gasteiger partial charge in [-0.1, -0.05) is 53.7 Å². The Bertz CT molecular complexity index is 1260. The van der Waals surface area contributed by atoms with Crippen LogP contribution in [-0.4, -0.2) is 32.5 Å². The summed E-state index contributed by atoms with van der Waals surface area (Å²) in [5.41, 5.74) is 2.19. The summed E-state index contributed by atoms with van der Waals surface area (Å²) >= 11 is 0. The maximum Gasteiger partial charge on any atom is 0.276 e. The van der Waals surface area contributed by atoms with Crippen LogP contribution >= 0.6 is 0 Å². The molecule has 2 aromatic heterocycles. The molecule has 3 heterocycles. The molecule has 0 spiro atoms. The molecule has 7 heteroatoms. The highest BCUT2D eigenvalue weighted by Gasteiger charge is 2.39. The van der Waals surface area contributed by atoms with E-state index in [0.717, 1.165) is 43.2 Å². The zero-order valence-electron chi connectivity index (χ0n) is 18.2. The first-order valence-corrected chi connectivity index (χ1v) is 11.5. The van der Waals surface area contributed by atoms with Gasteiger partial charge in [-0.25, -0.2) is 4.98 Å². The predicted molar refractivity (Wildman–Crippen MR) is 121 cm³/mol. The maximum absolute atomic E-state index is 13.8. The van der Waals surface area contributed by atoms with Crippen molar-refractivity contribution in [2.45, 2.75) is 44.1 Å². The Balaban J connectivity index is 1.32. The lowest BCUT2D eigenvalue weighted by Crippen LogP contribution is -2.39. The standard InChI is InChI=1S/C26H24N4O3/c31-26(21-22(17-14-15-17)32-24(27-21)19-11-5-2-6-12-19)30-16-8-7-13-20(30)25-28-23(29-33-25)18-9-3-1-4-10-18/h1-6,9-12,17,20H,7-8,13-16H2. The van der Waals surface area contributed by atoms with Gasteiger partial charge in [0, 0.05) is 23.6 Å². The monoisotopic (exact) mass is 440 g/mol. The van der Waals surface area contributed by atoms with E-state index in [1.807, 2.05) is 65.6 Å². The molecule has 0 N–H and O–H groups in total. The Morgan fingerprint density at radius 3 is 2.33 bits per heavy atom. The molecule has 166 valence electrons. The van der Waals surface area contributed by atoms with Gasteiger partial charge in [-0.15, -0.1) is 0 Å². The molecule has 7 nitrogen and oxygen atoms in total. The van der Waals surface area contributed by atoms with Crippen molar-refractivity contribution in [1.29, 1.82) is 0 Å². The van der Waals surface area contributed by atoms with Crippen LogP contribution in [0.3, 0.4) is 0 Å². The molecule has 1 atom stereocenters. The molecule has 1 unspecified atom stereocenters. The number of piperidine rings is 1. The predicted octanol–water partition coefficient (Wildman–Crippen LogP) is 5.64. The smallest absolute Gasteiger partial charge is 0.276 e. The van der Waals surface area contributed by atoms with E-state index in [4.69, 9.17) is 8.94 Å². The summed E-state index contributed by atoms with van der Waals surface area (Å²) in [7, 11) is 0. The number of hydrogen-bond donors (Lipinski definition) is 0. The number of hydrogen-bond acceptors (Lipinski definition) is 6. The van der Waals surface area contributed by atoms with Crippen LogP contribution in [0.5, 0.6) is 0 Å². The number of nitrogens with zero attached hydrogens (tertiary/aromatic N) is 4. The van der Waals surface area contributed by atoms with E-state index in [9.17, 15) is 4.79 Å². The lowest BCUT2D eigenvalue weighted by atomic mass is 10.0. The van der Waals surface area contributed by atoms with Gasteiger partial charge in [-0.3, -0.25) is 4.79 Å². The first kappa shape index (κ1) is 19.9. The summed E-state index contributed by atoms with van der Waals surface area (Å²) in [6.45, 7) is 0.629. The highest BCUT2D eigenvalue weighted by molar-refractivity contribution is 5.94. The molecule has 2 fully saturated rings. The highest BCUT2D eigenvalue weighted by Crippen LogP contribution is 2.44. The average Bonchev–Trinajstić information content (AvgIpc) is 3.43. The Kier molecular flexibility index (Phi) is 5.02. The number of rotatable bonds is 5. The first-order chi connectivity index (χ1) is 16.3. The fraction of sp³-hybridized carbons (Fsp3) is 0.308. The quantitative estimate of drug-likeness (QED) is 0.399. The van der Waals surface area contributed by atoms with Gasteiger partial charge in [0.05, 0.1) is 0 Å². The minimum atomic E-state index is -0.264. The zero-order chi connectivity index (χ0) is 22.2. The fourth-order valence-corrected chi connectivity index (χ4v) is 4.45. The molecule has 1 aliphatic heterocycles. The Labute approximate surface area is 191 Å². The van der Waals surface area contributed by atoms with Crippen LogP contribution in [0.2, 0.25) is 0 Å². The largest absolute Gasteiger partial charge is 0.440 e. The van der Waals surface area contributed by atoms with E-state index < -0.39 is 0 Å². The van der Waals surface area contributed by atoms with Crippen molar-refractivity contribution in [3.05, 3.63) is 78.0 Å². The SMILES string of the molecule is O=C(c1nc(-c2ccccc2)oc1C1CC1)N1CCCCC1c1nc(-c2ccccc2)no1. The van der Waals surface area contributed by atoms with Crippen molar-refractivity contribution in [3.8, 4) is 22.8 Å². The van der Waals surface area contributed by atoms with Gasteiger partial charge in [0.1, 0.15) is 11.8 Å². The summed E-state index contributed by atoms with van der Waals surface area (Å²) in [6, 6.07) is 19.2. The summed E-state index contributed by atoms with van der Waals surface area (Å²) in [5, 5.41) is 4.17. The minimum Gasteiger partial charge on any atom is -0.440 e. The van der Waals surface area contributed by atoms with Crippen molar-refractivity contribution in [1.82, 2.24) is 20.0 Å². The third kappa shape index (κ3) is 3.84. The van der Waals surface area contributed by atoms with E-state index in [-0.39, 0.29) is 17.9 Å². The fourth-order valence-electron chi connectivity index (χ4n) is 4.45. The molecule has 6 rings (SSSR count). The van der Waals surface area contributed by atoms with Crippen molar-refractivity contribution >= 4 is 5.91 Å². The normalized spacial score (nSPS) is 18.4. The Morgan fingerprint density at radius 2 is 1.61 bits per heavy atom. The molecule has 0 bridgehead atoms. The molecule has 33 heavy (non-hydrogen) atoms. The number of benzene rings is 2.